The SMILES string of the molecule is CC.CCc1cccc(CC)c1-n1nc2c(c1-c1ccc(F)c3[nH]ccc13)CN(c1ncc(Cl)cc1Cl)CC2. The van der Waals surface area contributed by atoms with E-state index < -0.39 is 0 Å². The van der Waals surface area contributed by atoms with E-state index in [1.807, 2.05) is 26.0 Å². The van der Waals surface area contributed by atoms with Crippen molar-refractivity contribution < 1.29 is 4.39 Å². The zero-order valence-electron chi connectivity index (χ0n) is 22.7. The fourth-order valence-corrected chi connectivity index (χ4v) is 5.95. The van der Waals surface area contributed by atoms with Gasteiger partial charge < -0.3 is 9.88 Å². The van der Waals surface area contributed by atoms with Crippen LogP contribution in [0.15, 0.2) is 54.9 Å². The van der Waals surface area contributed by atoms with Crippen molar-refractivity contribution in [3.63, 3.8) is 0 Å². The smallest absolute Gasteiger partial charge is 0.147 e. The van der Waals surface area contributed by atoms with Gasteiger partial charge in [-0.05, 0) is 48.2 Å². The van der Waals surface area contributed by atoms with Gasteiger partial charge in [-0.1, -0.05) is 69.1 Å². The van der Waals surface area contributed by atoms with Crippen LogP contribution in [-0.2, 0) is 25.8 Å². The van der Waals surface area contributed by atoms with Crippen LogP contribution in [0.4, 0.5) is 10.2 Å². The molecule has 1 aliphatic rings. The number of rotatable bonds is 5. The Labute approximate surface area is 238 Å². The zero-order chi connectivity index (χ0) is 27.7. The van der Waals surface area contributed by atoms with Crippen LogP contribution >= 0.6 is 23.2 Å². The van der Waals surface area contributed by atoms with Crippen LogP contribution in [-0.4, -0.2) is 26.3 Å². The molecule has 0 spiro atoms. The number of para-hydroxylation sites is 1. The number of anilines is 1. The fourth-order valence-electron chi connectivity index (χ4n) is 5.45. The predicted molar refractivity (Wildman–Crippen MR) is 160 cm³/mol. The van der Waals surface area contributed by atoms with E-state index in [2.05, 4.69) is 51.6 Å². The standard InChI is InChI=1S/C29H26Cl2FN5.C2H6/c1-3-17-6-5-7-18(4-2)27(17)37-28(21-8-9-24(32)26-20(21)10-12-33-26)22-16-36(13-11-25(22)35-37)29-23(31)14-19(30)15-34-29;1-2/h5-10,12,14-15,33H,3-4,11,13,16H2,1-2H3;1-2H3. The maximum absolute atomic E-state index is 14.7. The van der Waals surface area contributed by atoms with E-state index in [4.69, 9.17) is 28.3 Å². The van der Waals surface area contributed by atoms with Gasteiger partial charge in [-0.25, -0.2) is 14.1 Å². The highest BCUT2D eigenvalue weighted by molar-refractivity contribution is 6.36. The maximum atomic E-state index is 14.7. The molecule has 0 amide bonds. The van der Waals surface area contributed by atoms with Gasteiger partial charge in [0.15, 0.2) is 0 Å². The number of hydrogen-bond donors (Lipinski definition) is 1. The largest absolute Gasteiger partial charge is 0.359 e. The van der Waals surface area contributed by atoms with Crippen LogP contribution in [0.5, 0.6) is 0 Å². The summed E-state index contributed by atoms with van der Waals surface area (Å²) in [7, 11) is 0. The molecule has 5 aromatic rings. The number of aromatic nitrogens is 4. The van der Waals surface area contributed by atoms with Gasteiger partial charge in [0.05, 0.1) is 32.6 Å². The highest BCUT2D eigenvalue weighted by Gasteiger charge is 2.30. The van der Waals surface area contributed by atoms with Crippen LogP contribution in [0.25, 0.3) is 27.8 Å². The van der Waals surface area contributed by atoms with Crippen molar-refractivity contribution in [3.05, 3.63) is 93.1 Å². The van der Waals surface area contributed by atoms with E-state index >= 15 is 0 Å². The number of aromatic amines is 1. The van der Waals surface area contributed by atoms with Crippen LogP contribution in [0.1, 0.15) is 50.1 Å². The van der Waals surface area contributed by atoms with Crippen LogP contribution < -0.4 is 4.90 Å². The first-order valence-electron chi connectivity index (χ1n) is 13.5. The van der Waals surface area contributed by atoms with Gasteiger partial charge in [-0.15, -0.1) is 0 Å². The molecule has 0 unspecified atom stereocenters. The van der Waals surface area contributed by atoms with Crippen molar-refractivity contribution in [2.24, 2.45) is 0 Å². The number of pyridine rings is 1. The summed E-state index contributed by atoms with van der Waals surface area (Å²) in [6.45, 7) is 9.65. The van der Waals surface area contributed by atoms with Crippen molar-refractivity contribution in [2.75, 3.05) is 11.4 Å². The Balaban J connectivity index is 0.00000151. The minimum atomic E-state index is -0.273. The molecule has 1 aliphatic heterocycles. The average molecular weight is 565 g/mol. The topological polar surface area (TPSA) is 49.7 Å². The van der Waals surface area contributed by atoms with Crippen LogP contribution in [0.3, 0.4) is 0 Å². The highest BCUT2D eigenvalue weighted by Crippen LogP contribution is 2.40. The molecule has 39 heavy (non-hydrogen) atoms. The summed E-state index contributed by atoms with van der Waals surface area (Å²) < 4.78 is 16.8. The number of H-pyrrole nitrogens is 1. The molecular formula is C31H32Cl2FN5. The summed E-state index contributed by atoms with van der Waals surface area (Å²) in [6.07, 6.45) is 5.91. The molecule has 4 heterocycles. The zero-order valence-corrected chi connectivity index (χ0v) is 24.2. The third-order valence-corrected chi connectivity index (χ3v) is 7.71. The third kappa shape index (κ3) is 4.81. The third-order valence-electron chi connectivity index (χ3n) is 7.23. The lowest BCUT2D eigenvalue weighted by molar-refractivity contribution is 0.637. The van der Waals surface area contributed by atoms with Crippen LogP contribution in [0, 0.1) is 5.82 Å². The summed E-state index contributed by atoms with van der Waals surface area (Å²) in [6, 6.07) is 13.5. The molecule has 1 N–H and O–H groups in total. The van der Waals surface area contributed by atoms with Crippen molar-refractivity contribution >= 4 is 39.9 Å². The molecule has 0 radical (unpaired) electrons. The Morgan fingerprint density at radius 1 is 1.03 bits per heavy atom. The molecule has 0 saturated carbocycles. The molecular weight excluding hydrogens is 532 g/mol. The van der Waals surface area contributed by atoms with E-state index in [1.54, 1.807) is 18.5 Å². The molecule has 5 nitrogen and oxygen atoms in total. The van der Waals surface area contributed by atoms with Gasteiger partial charge >= 0.3 is 0 Å². The number of aryl methyl sites for hydroxylation is 2. The fraction of sp³-hybridized carbons (Fsp3) is 0.290. The van der Waals surface area contributed by atoms with E-state index in [0.717, 1.165) is 59.4 Å². The van der Waals surface area contributed by atoms with Gasteiger partial charge in [0.2, 0.25) is 0 Å². The van der Waals surface area contributed by atoms with Crippen molar-refractivity contribution in [1.82, 2.24) is 19.7 Å². The van der Waals surface area contributed by atoms with Crippen molar-refractivity contribution in [2.45, 2.75) is 53.5 Å². The van der Waals surface area contributed by atoms with E-state index in [-0.39, 0.29) is 5.82 Å². The Morgan fingerprint density at radius 3 is 2.46 bits per heavy atom. The number of nitrogens with zero attached hydrogens (tertiary/aromatic N) is 4. The monoisotopic (exact) mass is 563 g/mol. The number of benzene rings is 2. The normalized spacial score (nSPS) is 12.8. The minimum Gasteiger partial charge on any atom is -0.359 e. The van der Waals surface area contributed by atoms with Gasteiger partial charge in [0, 0.05) is 48.4 Å². The first kappa shape index (κ1) is 27.2. The van der Waals surface area contributed by atoms with Crippen LogP contribution in [0.2, 0.25) is 10.0 Å². The lowest BCUT2D eigenvalue weighted by Gasteiger charge is -2.28. The van der Waals surface area contributed by atoms with Crippen molar-refractivity contribution in [3.8, 4) is 16.9 Å². The quantitative estimate of drug-likeness (QED) is 0.233. The summed E-state index contributed by atoms with van der Waals surface area (Å²) in [5, 5.41) is 7.06. The van der Waals surface area contributed by atoms with E-state index in [9.17, 15) is 4.39 Å². The Hall–Kier alpha value is -3.35. The molecule has 6 rings (SSSR count). The highest BCUT2D eigenvalue weighted by atomic mass is 35.5. The second-order valence-corrected chi connectivity index (χ2v) is 10.2. The second kappa shape index (κ2) is 11.4. The maximum Gasteiger partial charge on any atom is 0.147 e. The van der Waals surface area contributed by atoms with Gasteiger partial charge in [0.1, 0.15) is 11.6 Å². The molecule has 0 bridgehead atoms. The van der Waals surface area contributed by atoms with Gasteiger partial charge in [0.25, 0.3) is 0 Å². The summed E-state index contributed by atoms with van der Waals surface area (Å²) in [5.41, 5.74) is 8.12. The Morgan fingerprint density at radius 2 is 1.77 bits per heavy atom. The Kier molecular flexibility index (Phi) is 7.96. The van der Waals surface area contributed by atoms with E-state index in [0.29, 0.717) is 27.9 Å². The predicted octanol–water partition coefficient (Wildman–Crippen LogP) is 8.58. The molecule has 202 valence electrons. The van der Waals surface area contributed by atoms with Crippen molar-refractivity contribution in [1.29, 1.82) is 0 Å². The average Bonchev–Trinajstić information content (AvgIpc) is 3.60. The number of nitrogens with one attached hydrogen (secondary N) is 1. The molecule has 0 fully saturated rings. The number of halogens is 3. The number of hydrogen-bond acceptors (Lipinski definition) is 3. The lowest BCUT2D eigenvalue weighted by atomic mass is 9.97. The van der Waals surface area contributed by atoms with Gasteiger partial charge in [-0.3, -0.25) is 0 Å². The molecule has 0 saturated heterocycles. The summed E-state index contributed by atoms with van der Waals surface area (Å²) in [4.78, 5) is 9.76. The first-order valence-corrected chi connectivity index (χ1v) is 14.3. The lowest BCUT2D eigenvalue weighted by Crippen LogP contribution is -2.31. The summed E-state index contributed by atoms with van der Waals surface area (Å²) >= 11 is 12.7. The number of fused-ring (bicyclic) bond motifs is 2. The van der Waals surface area contributed by atoms with Gasteiger partial charge in [-0.2, -0.15) is 5.10 Å². The summed E-state index contributed by atoms with van der Waals surface area (Å²) in [5.74, 6) is 0.426. The molecule has 0 aliphatic carbocycles. The Bertz CT molecular complexity index is 1620. The first-order chi connectivity index (χ1) is 19.0. The molecule has 2 aromatic carbocycles. The minimum absolute atomic E-state index is 0.273. The molecule has 0 atom stereocenters. The molecule has 8 heteroatoms. The van der Waals surface area contributed by atoms with E-state index in [1.165, 1.54) is 17.2 Å². The molecule has 3 aromatic heterocycles. The second-order valence-electron chi connectivity index (χ2n) is 9.31.